The molecule has 0 unspecified atom stereocenters. The number of nitrogens with zero attached hydrogens (tertiary/aromatic N) is 4. The molecule has 0 aromatic carbocycles. The second-order valence-electron chi connectivity index (χ2n) is 3.86. The van der Waals surface area contributed by atoms with Crippen molar-refractivity contribution in [3.63, 3.8) is 0 Å². The first-order chi connectivity index (χ1) is 7.72. The number of anilines is 1. The molecule has 0 amide bonds. The molecule has 2 aromatic heterocycles. The van der Waals surface area contributed by atoms with E-state index in [9.17, 15) is 0 Å². The van der Waals surface area contributed by atoms with Gasteiger partial charge in [-0.25, -0.2) is 9.97 Å². The van der Waals surface area contributed by atoms with Crippen molar-refractivity contribution in [2.24, 2.45) is 0 Å². The zero-order valence-corrected chi connectivity index (χ0v) is 9.90. The zero-order valence-electron chi connectivity index (χ0n) is 8.31. The van der Waals surface area contributed by atoms with Crippen molar-refractivity contribution in [1.29, 1.82) is 5.26 Å². The van der Waals surface area contributed by atoms with Crippen LogP contribution in [0, 0.1) is 11.3 Å². The molecule has 1 aliphatic carbocycles. The molecule has 0 bridgehead atoms. The van der Waals surface area contributed by atoms with Gasteiger partial charge in [0.1, 0.15) is 11.6 Å². The zero-order chi connectivity index (χ0) is 11.3. The number of rotatable bonds is 1. The molecule has 2 heterocycles. The Bertz CT molecular complexity index is 620. The number of aromatic nitrogens is 3. The number of imidazole rings is 1. The average Bonchev–Trinajstić information content (AvgIpc) is 3.04. The molecule has 1 fully saturated rings. The fourth-order valence-corrected chi connectivity index (χ4v) is 2.19. The quantitative estimate of drug-likeness (QED) is 0.864. The molecule has 0 atom stereocenters. The van der Waals surface area contributed by atoms with Gasteiger partial charge in [-0.15, -0.1) is 0 Å². The van der Waals surface area contributed by atoms with E-state index >= 15 is 0 Å². The maximum atomic E-state index is 8.94. The maximum Gasteiger partial charge on any atom is 0.167 e. The lowest BCUT2D eigenvalue weighted by Crippen LogP contribution is -1.99. The average molecular weight is 278 g/mol. The van der Waals surface area contributed by atoms with Crippen LogP contribution >= 0.6 is 15.9 Å². The molecule has 0 spiro atoms. The third kappa shape index (κ3) is 1.21. The highest BCUT2D eigenvalue weighted by atomic mass is 79.9. The van der Waals surface area contributed by atoms with E-state index in [0.29, 0.717) is 16.2 Å². The summed E-state index contributed by atoms with van der Waals surface area (Å²) >= 11 is 3.36. The van der Waals surface area contributed by atoms with Gasteiger partial charge in [0.2, 0.25) is 0 Å². The Kier molecular flexibility index (Phi) is 1.91. The van der Waals surface area contributed by atoms with Gasteiger partial charge in [-0.2, -0.15) is 5.26 Å². The molecule has 0 aliphatic heterocycles. The predicted molar refractivity (Wildman–Crippen MR) is 62.6 cm³/mol. The fraction of sp³-hybridized carbons (Fsp3) is 0.300. The number of pyridine rings is 1. The smallest absolute Gasteiger partial charge is 0.167 e. The lowest BCUT2D eigenvalue weighted by atomic mass is 10.3. The number of nitriles is 1. The van der Waals surface area contributed by atoms with Crippen LogP contribution in [-0.2, 0) is 0 Å². The van der Waals surface area contributed by atoms with Crippen molar-refractivity contribution in [2.75, 3.05) is 5.73 Å². The van der Waals surface area contributed by atoms with Gasteiger partial charge >= 0.3 is 0 Å². The third-order valence-corrected chi connectivity index (χ3v) is 3.53. The van der Waals surface area contributed by atoms with Crippen LogP contribution in [0.15, 0.2) is 10.8 Å². The summed E-state index contributed by atoms with van der Waals surface area (Å²) in [5.74, 6) is 0. The predicted octanol–water partition coefficient (Wildman–Crippen LogP) is 1.98. The minimum absolute atomic E-state index is 0.252. The summed E-state index contributed by atoms with van der Waals surface area (Å²) in [6, 6.07) is 2.48. The highest BCUT2D eigenvalue weighted by molar-refractivity contribution is 9.10. The van der Waals surface area contributed by atoms with Crippen LogP contribution in [0.25, 0.3) is 11.2 Å². The molecule has 6 heteroatoms. The van der Waals surface area contributed by atoms with Gasteiger partial charge in [0, 0.05) is 6.04 Å². The fourth-order valence-electron chi connectivity index (χ4n) is 1.72. The summed E-state index contributed by atoms with van der Waals surface area (Å²) < 4.78 is 2.67. The molecule has 0 saturated heterocycles. The highest BCUT2D eigenvalue weighted by Crippen LogP contribution is 2.38. The van der Waals surface area contributed by atoms with Crippen molar-refractivity contribution in [1.82, 2.24) is 14.5 Å². The molecule has 2 aromatic rings. The number of fused-ring (bicyclic) bond motifs is 1. The molecular formula is C10H8BrN5. The van der Waals surface area contributed by atoms with Crippen molar-refractivity contribution in [2.45, 2.75) is 18.9 Å². The SMILES string of the molecule is N#Cc1nc2c(ncn2C2CC2)c(Br)c1N. The first kappa shape index (κ1) is 9.60. The van der Waals surface area contributed by atoms with Crippen LogP contribution in [0.1, 0.15) is 24.6 Å². The molecule has 2 N–H and O–H groups in total. The van der Waals surface area contributed by atoms with Gasteiger partial charge in [0.15, 0.2) is 11.3 Å². The van der Waals surface area contributed by atoms with Crippen LogP contribution in [0.2, 0.25) is 0 Å². The lowest BCUT2D eigenvalue weighted by molar-refractivity contribution is 0.757. The lowest BCUT2D eigenvalue weighted by Gasteiger charge is -2.03. The summed E-state index contributed by atoms with van der Waals surface area (Å²) in [5.41, 5.74) is 7.85. The van der Waals surface area contributed by atoms with Crippen molar-refractivity contribution < 1.29 is 0 Å². The van der Waals surface area contributed by atoms with E-state index in [4.69, 9.17) is 11.0 Å². The summed E-state index contributed by atoms with van der Waals surface area (Å²) in [7, 11) is 0. The van der Waals surface area contributed by atoms with Crippen LogP contribution in [0.5, 0.6) is 0 Å². The molecule has 5 nitrogen and oxygen atoms in total. The van der Waals surface area contributed by atoms with Crippen LogP contribution in [0.4, 0.5) is 5.69 Å². The van der Waals surface area contributed by atoms with Crippen molar-refractivity contribution in [3.8, 4) is 6.07 Å². The summed E-state index contributed by atoms with van der Waals surface area (Å²) in [4.78, 5) is 8.54. The van der Waals surface area contributed by atoms with Gasteiger partial charge in [-0.3, -0.25) is 0 Å². The van der Waals surface area contributed by atoms with E-state index in [2.05, 4.69) is 25.9 Å². The Morgan fingerprint density at radius 2 is 2.31 bits per heavy atom. The molecule has 0 radical (unpaired) electrons. The number of hydrogen-bond donors (Lipinski definition) is 1. The monoisotopic (exact) mass is 277 g/mol. The minimum atomic E-state index is 0.252. The van der Waals surface area contributed by atoms with Crippen molar-refractivity contribution in [3.05, 3.63) is 16.5 Å². The number of halogens is 1. The van der Waals surface area contributed by atoms with Crippen LogP contribution in [0.3, 0.4) is 0 Å². The van der Waals surface area contributed by atoms with E-state index in [1.807, 2.05) is 10.6 Å². The Labute approximate surface area is 100 Å². The summed E-state index contributed by atoms with van der Waals surface area (Å²) in [6.07, 6.45) is 4.06. The Balaban J connectivity index is 2.36. The van der Waals surface area contributed by atoms with Crippen LogP contribution < -0.4 is 5.73 Å². The number of nitrogens with two attached hydrogens (primary N) is 1. The largest absolute Gasteiger partial charge is 0.395 e. The summed E-state index contributed by atoms with van der Waals surface area (Å²) in [5, 5.41) is 8.94. The number of hydrogen-bond acceptors (Lipinski definition) is 4. The Hall–Kier alpha value is -1.61. The second kappa shape index (κ2) is 3.19. The Morgan fingerprint density at radius 3 is 2.94 bits per heavy atom. The normalized spacial score (nSPS) is 15.2. The van der Waals surface area contributed by atoms with E-state index in [0.717, 1.165) is 24.0 Å². The topological polar surface area (TPSA) is 80.5 Å². The van der Waals surface area contributed by atoms with Gasteiger partial charge in [-0.05, 0) is 28.8 Å². The molecule has 80 valence electrons. The molecule has 3 rings (SSSR count). The van der Waals surface area contributed by atoms with E-state index in [-0.39, 0.29) is 5.69 Å². The second-order valence-corrected chi connectivity index (χ2v) is 4.65. The summed E-state index contributed by atoms with van der Waals surface area (Å²) in [6.45, 7) is 0. The molecule has 1 aliphatic rings. The molecule has 16 heavy (non-hydrogen) atoms. The first-order valence-electron chi connectivity index (χ1n) is 4.94. The van der Waals surface area contributed by atoms with Crippen LogP contribution in [-0.4, -0.2) is 14.5 Å². The minimum Gasteiger partial charge on any atom is -0.395 e. The van der Waals surface area contributed by atoms with Gasteiger partial charge in [-0.1, -0.05) is 0 Å². The van der Waals surface area contributed by atoms with Gasteiger partial charge in [0.05, 0.1) is 16.5 Å². The van der Waals surface area contributed by atoms with Gasteiger partial charge in [0.25, 0.3) is 0 Å². The van der Waals surface area contributed by atoms with E-state index in [1.165, 1.54) is 0 Å². The first-order valence-corrected chi connectivity index (χ1v) is 5.73. The standard InChI is InChI=1S/C10H8BrN5/c11-7-8(13)6(3-12)15-10-9(7)14-4-16(10)5-1-2-5/h4-5H,1-2,13H2. The molecular weight excluding hydrogens is 270 g/mol. The Morgan fingerprint density at radius 1 is 1.56 bits per heavy atom. The highest BCUT2D eigenvalue weighted by Gasteiger charge is 2.27. The van der Waals surface area contributed by atoms with E-state index < -0.39 is 0 Å². The van der Waals surface area contributed by atoms with Gasteiger partial charge < -0.3 is 10.3 Å². The maximum absolute atomic E-state index is 8.94. The van der Waals surface area contributed by atoms with E-state index in [1.54, 1.807) is 6.33 Å². The van der Waals surface area contributed by atoms with Crippen molar-refractivity contribution >= 4 is 32.8 Å². The molecule has 1 saturated carbocycles. The number of nitrogen functional groups attached to an aromatic ring is 1. The third-order valence-electron chi connectivity index (χ3n) is 2.73.